The highest BCUT2D eigenvalue weighted by Crippen LogP contribution is 2.31. The number of benzene rings is 1. The van der Waals surface area contributed by atoms with Crippen molar-refractivity contribution in [2.75, 3.05) is 0 Å². The summed E-state index contributed by atoms with van der Waals surface area (Å²) in [4.78, 5) is 7.45. The zero-order valence-corrected chi connectivity index (χ0v) is 9.46. The molecule has 2 nitrogen and oxygen atoms in total. The van der Waals surface area contributed by atoms with Gasteiger partial charge in [0.25, 0.3) is 0 Å². The predicted octanol–water partition coefficient (Wildman–Crippen LogP) is 3.44. The number of hydrogen-bond donors (Lipinski definition) is 1. The average molecular weight is 231 g/mol. The monoisotopic (exact) mass is 230 g/mol. The zero-order valence-electron chi connectivity index (χ0n) is 8.70. The van der Waals surface area contributed by atoms with Crippen molar-refractivity contribution in [3.05, 3.63) is 58.6 Å². The molecule has 0 unspecified atom stereocenters. The smallest absolute Gasteiger partial charge is 0.137 e. The van der Waals surface area contributed by atoms with Gasteiger partial charge in [-0.05, 0) is 36.1 Å². The first kappa shape index (κ1) is 9.67. The van der Waals surface area contributed by atoms with Gasteiger partial charge in [0.2, 0.25) is 0 Å². The molecule has 0 aliphatic heterocycles. The van der Waals surface area contributed by atoms with Crippen molar-refractivity contribution >= 4 is 17.2 Å². The topological polar surface area (TPSA) is 28.7 Å². The summed E-state index contributed by atoms with van der Waals surface area (Å²) in [7, 11) is 0. The minimum absolute atomic E-state index is 0.805. The van der Waals surface area contributed by atoms with E-state index < -0.39 is 0 Å². The second-order valence-electron chi connectivity index (χ2n) is 3.90. The molecule has 0 spiro atoms. The van der Waals surface area contributed by atoms with E-state index in [2.05, 4.69) is 22.1 Å². The predicted molar refractivity (Wildman–Crippen MR) is 65.4 cm³/mol. The second-order valence-corrected chi connectivity index (χ2v) is 4.33. The number of halogens is 1. The lowest BCUT2D eigenvalue weighted by atomic mass is 9.90. The van der Waals surface area contributed by atoms with Crippen molar-refractivity contribution in [3.63, 3.8) is 0 Å². The maximum atomic E-state index is 6.01. The number of nitrogens with zero attached hydrogens (tertiary/aromatic N) is 1. The summed E-state index contributed by atoms with van der Waals surface area (Å²) < 4.78 is 0. The highest BCUT2D eigenvalue weighted by atomic mass is 35.5. The standard InChI is InChI=1S/C13H11ClN2/c14-10-4-5-11-9(8-10)2-1-3-12(11)13-15-6-7-16-13/h3-8H,1-2H2,(H,15,16). The minimum atomic E-state index is 0.805. The number of nitrogens with one attached hydrogen (secondary N) is 1. The molecule has 3 rings (SSSR count). The van der Waals surface area contributed by atoms with Crippen LogP contribution in [0.4, 0.5) is 0 Å². The molecule has 0 radical (unpaired) electrons. The van der Waals surface area contributed by atoms with Gasteiger partial charge >= 0.3 is 0 Å². The molecule has 2 aromatic rings. The van der Waals surface area contributed by atoms with Crippen molar-refractivity contribution in [1.29, 1.82) is 0 Å². The third kappa shape index (κ3) is 1.55. The Kier molecular flexibility index (Phi) is 2.29. The number of imidazole rings is 1. The third-order valence-corrected chi connectivity index (χ3v) is 3.11. The SMILES string of the molecule is Clc1ccc2c(c1)CCC=C2c1ncc[nH]1. The summed E-state index contributed by atoms with van der Waals surface area (Å²) in [6.07, 6.45) is 7.96. The lowest BCUT2D eigenvalue weighted by Gasteiger charge is -2.16. The molecule has 80 valence electrons. The van der Waals surface area contributed by atoms with Crippen LogP contribution in [0.2, 0.25) is 5.02 Å². The van der Waals surface area contributed by atoms with E-state index in [1.54, 1.807) is 6.20 Å². The molecule has 0 amide bonds. The molecule has 1 aromatic carbocycles. The molecule has 0 fully saturated rings. The van der Waals surface area contributed by atoms with E-state index in [4.69, 9.17) is 11.6 Å². The van der Waals surface area contributed by atoms with Crippen LogP contribution in [0.15, 0.2) is 36.7 Å². The van der Waals surface area contributed by atoms with Crippen LogP contribution in [0.25, 0.3) is 5.57 Å². The molecule has 1 aliphatic rings. The van der Waals surface area contributed by atoms with Crippen molar-refractivity contribution in [1.82, 2.24) is 9.97 Å². The summed E-state index contributed by atoms with van der Waals surface area (Å²) in [6.45, 7) is 0. The number of hydrogen-bond acceptors (Lipinski definition) is 1. The van der Waals surface area contributed by atoms with E-state index in [0.29, 0.717) is 0 Å². The quantitative estimate of drug-likeness (QED) is 0.799. The van der Waals surface area contributed by atoms with Gasteiger partial charge < -0.3 is 4.98 Å². The summed E-state index contributed by atoms with van der Waals surface area (Å²) in [5, 5.41) is 0.805. The van der Waals surface area contributed by atoms with E-state index >= 15 is 0 Å². The third-order valence-electron chi connectivity index (χ3n) is 2.87. The van der Waals surface area contributed by atoms with Gasteiger partial charge in [-0.2, -0.15) is 0 Å². The minimum Gasteiger partial charge on any atom is -0.345 e. The number of aromatic amines is 1. The molecule has 1 N–H and O–H groups in total. The molecule has 0 saturated carbocycles. The van der Waals surface area contributed by atoms with Crippen LogP contribution in [-0.4, -0.2) is 9.97 Å². The molecule has 16 heavy (non-hydrogen) atoms. The van der Waals surface area contributed by atoms with E-state index in [1.807, 2.05) is 18.3 Å². The molecular formula is C13H11ClN2. The van der Waals surface area contributed by atoms with Gasteiger partial charge in [-0.3, -0.25) is 0 Å². The number of allylic oxidation sites excluding steroid dienone is 1. The largest absolute Gasteiger partial charge is 0.345 e. The normalized spacial score (nSPS) is 14.4. The highest BCUT2D eigenvalue weighted by Gasteiger charge is 2.15. The number of rotatable bonds is 1. The van der Waals surface area contributed by atoms with Crippen molar-refractivity contribution in [2.24, 2.45) is 0 Å². The number of H-pyrrole nitrogens is 1. The Balaban J connectivity index is 2.14. The molecule has 0 saturated heterocycles. The summed E-state index contributed by atoms with van der Waals surface area (Å²) in [5.74, 6) is 0.934. The van der Waals surface area contributed by atoms with Gasteiger partial charge in [-0.25, -0.2) is 4.98 Å². The average Bonchev–Trinajstić information content (AvgIpc) is 2.81. The zero-order chi connectivity index (χ0) is 11.0. The molecule has 0 bridgehead atoms. The van der Waals surface area contributed by atoms with Crippen molar-refractivity contribution in [3.8, 4) is 0 Å². The van der Waals surface area contributed by atoms with E-state index in [1.165, 1.54) is 16.7 Å². The Morgan fingerprint density at radius 1 is 1.31 bits per heavy atom. The van der Waals surface area contributed by atoms with E-state index in [-0.39, 0.29) is 0 Å². The Bertz CT molecular complexity index is 541. The lowest BCUT2D eigenvalue weighted by Crippen LogP contribution is -2.01. The Morgan fingerprint density at radius 3 is 3.06 bits per heavy atom. The number of fused-ring (bicyclic) bond motifs is 1. The lowest BCUT2D eigenvalue weighted by molar-refractivity contribution is 0.972. The van der Waals surface area contributed by atoms with Gasteiger partial charge in [0.15, 0.2) is 0 Å². The molecular weight excluding hydrogens is 220 g/mol. The Hall–Kier alpha value is -1.54. The first-order chi connectivity index (χ1) is 7.84. The number of aromatic nitrogens is 2. The Labute approximate surface area is 99.0 Å². The summed E-state index contributed by atoms with van der Waals surface area (Å²) in [6, 6.07) is 6.06. The van der Waals surface area contributed by atoms with Gasteiger partial charge in [-0.15, -0.1) is 0 Å². The van der Waals surface area contributed by atoms with Gasteiger partial charge in [-0.1, -0.05) is 23.7 Å². The molecule has 1 aromatic heterocycles. The van der Waals surface area contributed by atoms with Crippen LogP contribution < -0.4 is 0 Å². The van der Waals surface area contributed by atoms with Crippen LogP contribution in [0.3, 0.4) is 0 Å². The molecule has 1 aliphatic carbocycles. The first-order valence-corrected chi connectivity index (χ1v) is 5.71. The first-order valence-electron chi connectivity index (χ1n) is 5.33. The molecule has 1 heterocycles. The fourth-order valence-corrected chi connectivity index (χ4v) is 2.35. The van der Waals surface area contributed by atoms with E-state index in [0.717, 1.165) is 23.7 Å². The second kappa shape index (κ2) is 3.80. The van der Waals surface area contributed by atoms with E-state index in [9.17, 15) is 0 Å². The summed E-state index contributed by atoms with van der Waals surface area (Å²) >= 11 is 6.01. The van der Waals surface area contributed by atoms with Crippen LogP contribution in [-0.2, 0) is 6.42 Å². The molecule has 3 heteroatoms. The van der Waals surface area contributed by atoms with Crippen LogP contribution in [0, 0.1) is 0 Å². The van der Waals surface area contributed by atoms with Gasteiger partial charge in [0.05, 0.1) is 0 Å². The van der Waals surface area contributed by atoms with Crippen molar-refractivity contribution < 1.29 is 0 Å². The maximum absolute atomic E-state index is 6.01. The van der Waals surface area contributed by atoms with Crippen LogP contribution in [0.5, 0.6) is 0 Å². The number of aryl methyl sites for hydroxylation is 1. The fourth-order valence-electron chi connectivity index (χ4n) is 2.15. The fraction of sp³-hybridized carbons (Fsp3) is 0.154. The highest BCUT2D eigenvalue weighted by molar-refractivity contribution is 6.30. The van der Waals surface area contributed by atoms with Crippen LogP contribution >= 0.6 is 11.6 Å². The van der Waals surface area contributed by atoms with Gasteiger partial charge in [0.1, 0.15) is 5.82 Å². The molecule has 0 atom stereocenters. The maximum Gasteiger partial charge on any atom is 0.137 e. The summed E-state index contributed by atoms with van der Waals surface area (Å²) in [5.41, 5.74) is 3.73. The van der Waals surface area contributed by atoms with Crippen LogP contribution in [0.1, 0.15) is 23.4 Å². The van der Waals surface area contributed by atoms with Crippen molar-refractivity contribution in [2.45, 2.75) is 12.8 Å². The van der Waals surface area contributed by atoms with Gasteiger partial charge in [0, 0.05) is 23.0 Å². The Morgan fingerprint density at radius 2 is 2.25 bits per heavy atom.